The number of carboxylic acid groups (broad SMARTS) is 1. The molecule has 154 valence electrons. The van der Waals surface area contributed by atoms with E-state index < -0.39 is 36.4 Å². The quantitative estimate of drug-likeness (QED) is 0.127. The largest absolute Gasteiger partial charge is 0.508 e. The van der Waals surface area contributed by atoms with Crippen LogP contribution < -0.4 is 27.8 Å². The number of carbonyl (C=O) groups is 3. The zero-order valence-corrected chi connectivity index (χ0v) is 15.3. The lowest BCUT2D eigenvalue weighted by atomic mass is 10.1. The molecule has 1 rings (SSSR count). The Bertz CT molecular complexity index is 702. The van der Waals surface area contributed by atoms with Gasteiger partial charge in [0.25, 0.3) is 0 Å². The number of phenolic OH excluding ortho intramolecular Hbond substituents is 1. The summed E-state index contributed by atoms with van der Waals surface area (Å²) < 4.78 is 0. The molecule has 2 unspecified atom stereocenters. The molecular weight excluding hydrogens is 368 g/mol. The van der Waals surface area contributed by atoms with Crippen molar-refractivity contribution in [1.82, 2.24) is 10.6 Å². The van der Waals surface area contributed by atoms with Gasteiger partial charge in [0.15, 0.2) is 5.96 Å². The molecule has 0 aromatic heterocycles. The fourth-order valence-electron chi connectivity index (χ4n) is 2.28. The van der Waals surface area contributed by atoms with E-state index in [-0.39, 0.29) is 31.1 Å². The molecule has 1 aromatic carbocycles. The number of amides is 2. The van der Waals surface area contributed by atoms with Crippen molar-refractivity contribution in [3.05, 3.63) is 29.8 Å². The van der Waals surface area contributed by atoms with Crippen LogP contribution in [0.2, 0.25) is 0 Å². The van der Waals surface area contributed by atoms with E-state index in [9.17, 15) is 19.5 Å². The minimum atomic E-state index is -1.20. The van der Waals surface area contributed by atoms with E-state index in [1.807, 2.05) is 0 Å². The Morgan fingerprint density at radius 3 is 2.36 bits per heavy atom. The molecule has 11 heteroatoms. The minimum Gasteiger partial charge on any atom is -0.508 e. The molecule has 11 nitrogen and oxygen atoms in total. The number of phenols is 1. The highest BCUT2D eigenvalue weighted by atomic mass is 16.4. The lowest BCUT2D eigenvalue weighted by Gasteiger charge is -2.16. The Balaban J connectivity index is 2.41. The molecule has 0 spiro atoms. The third-order valence-corrected chi connectivity index (χ3v) is 3.73. The predicted octanol–water partition coefficient (Wildman–Crippen LogP) is -2.00. The molecule has 2 atom stereocenters. The highest BCUT2D eigenvalue weighted by Gasteiger charge is 2.20. The summed E-state index contributed by atoms with van der Waals surface area (Å²) in [6, 6.07) is 4.21. The smallest absolute Gasteiger partial charge is 0.326 e. The van der Waals surface area contributed by atoms with Crippen LogP contribution in [0.4, 0.5) is 0 Å². The van der Waals surface area contributed by atoms with Crippen LogP contribution in [0.15, 0.2) is 29.3 Å². The summed E-state index contributed by atoms with van der Waals surface area (Å²) in [6.45, 7) is -0.162. The monoisotopic (exact) mass is 394 g/mol. The molecule has 0 aliphatic rings. The Morgan fingerprint density at radius 2 is 1.79 bits per heavy atom. The van der Waals surface area contributed by atoms with Gasteiger partial charge in [-0.3, -0.25) is 14.6 Å². The molecule has 0 heterocycles. The number of rotatable bonds is 11. The lowest BCUT2D eigenvalue weighted by Crippen LogP contribution is -2.49. The molecule has 28 heavy (non-hydrogen) atoms. The number of hydrogen-bond donors (Lipinski definition) is 7. The van der Waals surface area contributed by atoms with Crippen molar-refractivity contribution in [1.29, 1.82) is 0 Å². The van der Waals surface area contributed by atoms with E-state index >= 15 is 0 Å². The van der Waals surface area contributed by atoms with Crippen LogP contribution in [0.3, 0.4) is 0 Å². The second kappa shape index (κ2) is 11.4. The van der Waals surface area contributed by atoms with Crippen molar-refractivity contribution in [3.8, 4) is 5.75 Å². The van der Waals surface area contributed by atoms with Crippen molar-refractivity contribution < 1.29 is 24.6 Å². The standard InChI is InChI=1S/C17H26N6O5/c18-12(8-10-3-5-11(24)6-4-10)15(26)22-9-14(25)23-13(16(27)28)2-1-7-21-17(19)20/h3-6,12-13,24H,1-2,7-9,18H2,(H,22,26)(H,23,25)(H,27,28)(H4,19,20,21). The summed E-state index contributed by atoms with van der Waals surface area (Å²) in [5.41, 5.74) is 16.9. The van der Waals surface area contributed by atoms with E-state index in [4.69, 9.17) is 22.3 Å². The maximum absolute atomic E-state index is 12.0. The van der Waals surface area contributed by atoms with Crippen LogP contribution in [0.25, 0.3) is 0 Å². The van der Waals surface area contributed by atoms with Crippen molar-refractivity contribution in [2.45, 2.75) is 31.3 Å². The number of aromatic hydroxyl groups is 1. The predicted molar refractivity (Wildman–Crippen MR) is 102 cm³/mol. The van der Waals surface area contributed by atoms with Crippen LogP contribution in [-0.2, 0) is 20.8 Å². The summed E-state index contributed by atoms with van der Waals surface area (Å²) in [5, 5.41) is 23.1. The number of guanidine groups is 1. The SMILES string of the molecule is NC(N)=NCCCC(NC(=O)CNC(=O)C(N)Cc1ccc(O)cc1)C(=O)O. The summed E-state index contributed by atoms with van der Waals surface area (Å²) >= 11 is 0. The van der Waals surface area contributed by atoms with Gasteiger partial charge in [-0.25, -0.2) is 4.79 Å². The van der Waals surface area contributed by atoms with E-state index in [0.29, 0.717) is 6.42 Å². The molecular formula is C17H26N6O5. The number of nitrogens with zero attached hydrogens (tertiary/aromatic N) is 1. The topological polar surface area (TPSA) is 206 Å². The number of benzene rings is 1. The third kappa shape index (κ3) is 8.85. The Kier molecular flexibility index (Phi) is 9.23. The normalized spacial score (nSPS) is 12.5. The van der Waals surface area contributed by atoms with Crippen LogP contribution >= 0.6 is 0 Å². The molecule has 0 saturated carbocycles. The Morgan fingerprint density at radius 1 is 1.14 bits per heavy atom. The number of nitrogens with one attached hydrogen (secondary N) is 2. The highest BCUT2D eigenvalue weighted by molar-refractivity contribution is 5.89. The van der Waals surface area contributed by atoms with Crippen LogP contribution in [0.1, 0.15) is 18.4 Å². The van der Waals surface area contributed by atoms with Crippen LogP contribution in [0, 0.1) is 0 Å². The highest BCUT2D eigenvalue weighted by Crippen LogP contribution is 2.10. The molecule has 0 fully saturated rings. The molecule has 0 saturated heterocycles. The van der Waals surface area contributed by atoms with Crippen molar-refractivity contribution in [3.63, 3.8) is 0 Å². The molecule has 1 aromatic rings. The number of carbonyl (C=O) groups excluding carboxylic acids is 2. The summed E-state index contributed by atoms with van der Waals surface area (Å²) in [4.78, 5) is 38.8. The Hall–Kier alpha value is -3.34. The summed E-state index contributed by atoms with van der Waals surface area (Å²) in [7, 11) is 0. The number of nitrogens with two attached hydrogens (primary N) is 3. The van der Waals surface area contributed by atoms with Crippen LogP contribution in [0.5, 0.6) is 5.75 Å². The van der Waals surface area contributed by atoms with Gasteiger partial charge in [-0.15, -0.1) is 0 Å². The van der Waals surface area contributed by atoms with Gasteiger partial charge in [-0.1, -0.05) is 12.1 Å². The average molecular weight is 394 g/mol. The lowest BCUT2D eigenvalue weighted by molar-refractivity contribution is -0.141. The molecule has 10 N–H and O–H groups in total. The first-order valence-corrected chi connectivity index (χ1v) is 8.57. The Labute approximate surface area is 162 Å². The first kappa shape index (κ1) is 22.7. The first-order valence-electron chi connectivity index (χ1n) is 8.57. The second-order valence-corrected chi connectivity index (χ2v) is 6.10. The zero-order valence-electron chi connectivity index (χ0n) is 15.3. The van der Waals surface area contributed by atoms with E-state index in [2.05, 4.69) is 15.6 Å². The average Bonchev–Trinajstić information content (AvgIpc) is 2.63. The van der Waals surface area contributed by atoms with E-state index in [0.717, 1.165) is 5.56 Å². The van der Waals surface area contributed by atoms with Gasteiger partial charge in [0.1, 0.15) is 11.8 Å². The third-order valence-electron chi connectivity index (χ3n) is 3.73. The first-order chi connectivity index (χ1) is 13.2. The van der Waals surface area contributed by atoms with Gasteiger partial charge in [0, 0.05) is 6.54 Å². The maximum atomic E-state index is 12.0. The second-order valence-electron chi connectivity index (χ2n) is 6.10. The van der Waals surface area contributed by atoms with Crippen LogP contribution in [-0.4, -0.2) is 59.1 Å². The zero-order chi connectivity index (χ0) is 21.1. The molecule has 2 amide bonds. The number of carboxylic acids is 1. The van der Waals surface area contributed by atoms with Crippen molar-refractivity contribution >= 4 is 23.7 Å². The van der Waals surface area contributed by atoms with E-state index in [1.54, 1.807) is 12.1 Å². The van der Waals surface area contributed by atoms with E-state index in [1.165, 1.54) is 12.1 Å². The molecule has 0 aliphatic carbocycles. The van der Waals surface area contributed by atoms with Crippen molar-refractivity contribution in [2.75, 3.05) is 13.1 Å². The van der Waals surface area contributed by atoms with Gasteiger partial charge in [-0.2, -0.15) is 0 Å². The number of hydrogen-bond acceptors (Lipinski definition) is 6. The minimum absolute atomic E-state index is 0.0951. The molecule has 0 radical (unpaired) electrons. The van der Waals surface area contributed by atoms with Gasteiger partial charge in [-0.05, 0) is 37.0 Å². The van der Waals surface area contributed by atoms with Gasteiger partial charge in [0.2, 0.25) is 11.8 Å². The molecule has 0 aliphatic heterocycles. The maximum Gasteiger partial charge on any atom is 0.326 e. The number of aliphatic carboxylic acids is 1. The van der Waals surface area contributed by atoms with Gasteiger partial charge < -0.3 is 38.0 Å². The summed E-state index contributed by atoms with van der Waals surface area (Å²) in [5.74, 6) is -2.40. The molecule has 0 bridgehead atoms. The van der Waals surface area contributed by atoms with Crippen molar-refractivity contribution in [2.24, 2.45) is 22.2 Å². The summed E-state index contributed by atoms with van der Waals surface area (Å²) in [6.07, 6.45) is 0.710. The number of aliphatic imine (C=N–C) groups is 1. The van der Waals surface area contributed by atoms with Gasteiger partial charge >= 0.3 is 5.97 Å². The van der Waals surface area contributed by atoms with Gasteiger partial charge in [0.05, 0.1) is 12.6 Å². The fraction of sp³-hybridized carbons (Fsp3) is 0.412. The fourth-order valence-corrected chi connectivity index (χ4v) is 2.28.